The SMILES string of the molecule is COCCCCN1C(C)CCCC1CN. The Balaban J connectivity index is 2.27. The third-order valence-corrected chi connectivity index (χ3v) is 3.48. The van der Waals surface area contributed by atoms with E-state index >= 15 is 0 Å². The molecule has 1 rings (SSSR count). The second-order valence-electron chi connectivity index (χ2n) is 4.61. The summed E-state index contributed by atoms with van der Waals surface area (Å²) in [7, 11) is 1.77. The minimum Gasteiger partial charge on any atom is -0.385 e. The molecule has 1 fully saturated rings. The normalized spacial score (nSPS) is 28.2. The molecular weight excluding hydrogens is 188 g/mol. The maximum atomic E-state index is 5.82. The molecule has 2 atom stereocenters. The van der Waals surface area contributed by atoms with Gasteiger partial charge >= 0.3 is 0 Å². The number of nitrogens with zero attached hydrogens (tertiary/aromatic N) is 1. The largest absolute Gasteiger partial charge is 0.385 e. The van der Waals surface area contributed by atoms with E-state index < -0.39 is 0 Å². The van der Waals surface area contributed by atoms with E-state index in [-0.39, 0.29) is 0 Å². The zero-order valence-electron chi connectivity index (χ0n) is 10.2. The summed E-state index contributed by atoms with van der Waals surface area (Å²) in [5, 5.41) is 0. The highest BCUT2D eigenvalue weighted by atomic mass is 16.5. The Morgan fingerprint density at radius 1 is 1.33 bits per heavy atom. The average molecular weight is 214 g/mol. The topological polar surface area (TPSA) is 38.5 Å². The lowest BCUT2D eigenvalue weighted by atomic mass is 9.96. The van der Waals surface area contributed by atoms with E-state index in [0.717, 1.165) is 25.6 Å². The van der Waals surface area contributed by atoms with Crippen LogP contribution < -0.4 is 5.73 Å². The maximum absolute atomic E-state index is 5.82. The lowest BCUT2D eigenvalue weighted by Gasteiger charge is -2.40. The van der Waals surface area contributed by atoms with Gasteiger partial charge in [-0.15, -0.1) is 0 Å². The van der Waals surface area contributed by atoms with Crippen molar-refractivity contribution in [2.75, 3.05) is 26.8 Å². The highest BCUT2D eigenvalue weighted by molar-refractivity contribution is 4.82. The number of methoxy groups -OCH3 is 1. The van der Waals surface area contributed by atoms with Crippen molar-refractivity contribution in [2.45, 2.75) is 51.1 Å². The molecule has 0 spiro atoms. The summed E-state index contributed by atoms with van der Waals surface area (Å²) < 4.78 is 5.07. The first kappa shape index (κ1) is 12.9. The molecule has 0 aromatic rings. The fourth-order valence-corrected chi connectivity index (χ4v) is 2.54. The van der Waals surface area contributed by atoms with Gasteiger partial charge in [0.05, 0.1) is 0 Å². The van der Waals surface area contributed by atoms with Crippen molar-refractivity contribution in [1.82, 2.24) is 4.90 Å². The Morgan fingerprint density at radius 3 is 2.80 bits per heavy atom. The van der Waals surface area contributed by atoms with Crippen molar-refractivity contribution in [3.05, 3.63) is 0 Å². The van der Waals surface area contributed by atoms with Gasteiger partial charge in [-0.3, -0.25) is 4.90 Å². The van der Waals surface area contributed by atoms with E-state index in [0.29, 0.717) is 6.04 Å². The molecule has 1 saturated heterocycles. The molecule has 0 amide bonds. The molecule has 90 valence electrons. The molecule has 1 heterocycles. The van der Waals surface area contributed by atoms with Gasteiger partial charge in [-0.25, -0.2) is 0 Å². The first-order chi connectivity index (χ1) is 7.29. The summed E-state index contributed by atoms with van der Waals surface area (Å²) in [4.78, 5) is 2.60. The molecule has 0 saturated carbocycles. The summed E-state index contributed by atoms with van der Waals surface area (Å²) in [5.41, 5.74) is 5.82. The van der Waals surface area contributed by atoms with Crippen LogP contribution in [0.4, 0.5) is 0 Å². The van der Waals surface area contributed by atoms with Gasteiger partial charge in [-0.05, 0) is 39.2 Å². The second kappa shape index (κ2) is 7.20. The van der Waals surface area contributed by atoms with Crippen LogP contribution in [-0.4, -0.2) is 43.8 Å². The van der Waals surface area contributed by atoms with Gasteiger partial charge in [0.1, 0.15) is 0 Å². The lowest BCUT2D eigenvalue weighted by molar-refractivity contribution is 0.0911. The van der Waals surface area contributed by atoms with E-state index in [1.807, 2.05) is 0 Å². The fraction of sp³-hybridized carbons (Fsp3) is 1.00. The third-order valence-electron chi connectivity index (χ3n) is 3.48. The van der Waals surface area contributed by atoms with Crippen LogP contribution in [0, 0.1) is 0 Å². The highest BCUT2D eigenvalue weighted by Crippen LogP contribution is 2.22. The van der Waals surface area contributed by atoms with Gasteiger partial charge in [0.2, 0.25) is 0 Å². The quantitative estimate of drug-likeness (QED) is 0.683. The Labute approximate surface area is 94.0 Å². The first-order valence-corrected chi connectivity index (χ1v) is 6.24. The molecule has 0 aromatic carbocycles. The summed E-state index contributed by atoms with van der Waals surface area (Å²) in [6, 6.07) is 1.34. The van der Waals surface area contributed by atoms with Crippen molar-refractivity contribution in [3.63, 3.8) is 0 Å². The molecule has 0 radical (unpaired) electrons. The van der Waals surface area contributed by atoms with Crippen molar-refractivity contribution < 1.29 is 4.74 Å². The van der Waals surface area contributed by atoms with Crippen LogP contribution in [0.1, 0.15) is 39.0 Å². The van der Waals surface area contributed by atoms with E-state index in [9.17, 15) is 0 Å². The molecule has 0 bridgehead atoms. The van der Waals surface area contributed by atoms with Gasteiger partial charge in [0.25, 0.3) is 0 Å². The van der Waals surface area contributed by atoms with Crippen LogP contribution in [0.5, 0.6) is 0 Å². The molecule has 3 nitrogen and oxygen atoms in total. The monoisotopic (exact) mass is 214 g/mol. The average Bonchev–Trinajstić information content (AvgIpc) is 2.26. The van der Waals surface area contributed by atoms with Crippen molar-refractivity contribution >= 4 is 0 Å². The smallest absolute Gasteiger partial charge is 0.0462 e. The number of rotatable bonds is 6. The Bertz CT molecular complexity index is 164. The lowest BCUT2D eigenvalue weighted by Crippen LogP contribution is -2.49. The van der Waals surface area contributed by atoms with Crippen LogP contribution in [0.2, 0.25) is 0 Å². The maximum Gasteiger partial charge on any atom is 0.0462 e. The van der Waals surface area contributed by atoms with E-state index in [4.69, 9.17) is 10.5 Å². The van der Waals surface area contributed by atoms with Crippen LogP contribution in [0.25, 0.3) is 0 Å². The molecule has 2 N–H and O–H groups in total. The zero-order valence-corrected chi connectivity index (χ0v) is 10.2. The number of hydrogen-bond donors (Lipinski definition) is 1. The molecule has 0 aliphatic carbocycles. The zero-order chi connectivity index (χ0) is 11.1. The second-order valence-corrected chi connectivity index (χ2v) is 4.61. The van der Waals surface area contributed by atoms with Crippen LogP contribution >= 0.6 is 0 Å². The number of piperidine rings is 1. The first-order valence-electron chi connectivity index (χ1n) is 6.24. The van der Waals surface area contributed by atoms with Gasteiger partial charge in [0, 0.05) is 32.3 Å². The predicted octanol–water partition coefficient (Wildman–Crippen LogP) is 1.61. The van der Waals surface area contributed by atoms with Gasteiger partial charge in [-0.2, -0.15) is 0 Å². The molecular formula is C12H26N2O. The van der Waals surface area contributed by atoms with Gasteiger partial charge < -0.3 is 10.5 Å². The summed E-state index contributed by atoms with van der Waals surface area (Å²) in [6.07, 6.45) is 6.36. The number of likely N-dealkylation sites (tertiary alicyclic amines) is 1. The Kier molecular flexibility index (Phi) is 6.22. The van der Waals surface area contributed by atoms with E-state index in [1.165, 1.54) is 32.2 Å². The third kappa shape index (κ3) is 4.09. The predicted molar refractivity (Wildman–Crippen MR) is 64.0 cm³/mol. The number of unbranched alkanes of at least 4 members (excludes halogenated alkanes) is 1. The summed E-state index contributed by atoms with van der Waals surface area (Å²) in [6.45, 7) is 5.22. The van der Waals surface area contributed by atoms with Gasteiger partial charge in [0.15, 0.2) is 0 Å². The highest BCUT2D eigenvalue weighted by Gasteiger charge is 2.25. The molecule has 3 heteroatoms. The van der Waals surface area contributed by atoms with Gasteiger partial charge in [-0.1, -0.05) is 6.42 Å². The number of nitrogens with two attached hydrogens (primary N) is 1. The number of ether oxygens (including phenoxy) is 1. The standard InChI is InChI=1S/C12H26N2O/c1-11-6-5-7-12(10-13)14(11)8-3-4-9-15-2/h11-12H,3-10,13H2,1-2H3. The minimum absolute atomic E-state index is 0.622. The Morgan fingerprint density at radius 2 is 2.13 bits per heavy atom. The summed E-state index contributed by atoms with van der Waals surface area (Å²) >= 11 is 0. The van der Waals surface area contributed by atoms with Crippen LogP contribution in [-0.2, 0) is 4.74 Å². The molecule has 15 heavy (non-hydrogen) atoms. The van der Waals surface area contributed by atoms with Crippen molar-refractivity contribution in [2.24, 2.45) is 5.73 Å². The Hall–Kier alpha value is -0.120. The van der Waals surface area contributed by atoms with Crippen LogP contribution in [0.3, 0.4) is 0 Å². The van der Waals surface area contributed by atoms with Crippen molar-refractivity contribution in [3.8, 4) is 0 Å². The summed E-state index contributed by atoms with van der Waals surface area (Å²) in [5.74, 6) is 0. The number of hydrogen-bond acceptors (Lipinski definition) is 3. The molecule has 2 unspecified atom stereocenters. The van der Waals surface area contributed by atoms with Crippen LogP contribution in [0.15, 0.2) is 0 Å². The van der Waals surface area contributed by atoms with E-state index in [1.54, 1.807) is 7.11 Å². The molecule has 1 aliphatic heterocycles. The van der Waals surface area contributed by atoms with Crippen molar-refractivity contribution in [1.29, 1.82) is 0 Å². The molecule has 0 aromatic heterocycles. The van der Waals surface area contributed by atoms with E-state index in [2.05, 4.69) is 11.8 Å². The fourth-order valence-electron chi connectivity index (χ4n) is 2.54. The minimum atomic E-state index is 0.622. The molecule has 1 aliphatic rings.